The Morgan fingerprint density at radius 3 is 2.55 bits per heavy atom. The summed E-state index contributed by atoms with van der Waals surface area (Å²) < 4.78 is 40.5. The van der Waals surface area contributed by atoms with Gasteiger partial charge < -0.3 is 10.6 Å². The van der Waals surface area contributed by atoms with Crippen molar-refractivity contribution in [1.29, 1.82) is 0 Å². The zero-order valence-electron chi connectivity index (χ0n) is 18.4. The number of rotatable bonds is 5. The Kier molecular flexibility index (Phi) is 6.10. The van der Waals surface area contributed by atoms with Gasteiger partial charge in [-0.05, 0) is 36.2 Å². The number of halogens is 3. The molecule has 2 aromatic rings. The van der Waals surface area contributed by atoms with Crippen LogP contribution in [0.1, 0.15) is 44.2 Å². The van der Waals surface area contributed by atoms with E-state index in [0.29, 0.717) is 17.0 Å². The maximum atomic E-state index is 13.6. The van der Waals surface area contributed by atoms with Gasteiger partial charge in [0.25, 0.3) is 11.8 Å². The summed E-state index contributed by atoms with van der Waals surface area (Å²) >= 11 is 0. The van der Waals surface area contributed by atoms with Crippen LogP contribution in [-0.4, -0.2) is 22.5 Å². The number of aromatic nitrogens is 1. The van der Waals surface area contributed by atoms with Gasteiger partial charge in [-0.2, -0.15) is 0 Å². The molecule has 1 aromatic heterocycles. The highest BCUT2D eigenvalue weighted by molar-refractivity contribution is 6.28. The van der Waals surface area contributed by atoms with Crippen molar-refractivity contribution in [1.82, 2.24) is 15.6 Å². The lowest BCUT2D eigenvalue weighted by molar-refractivity contribution is -0.116. The molecule has 1 amide bonds. The summed E-state index contributed by atoms with van der Waals surface area (Å²) in [6, 6.07) is 9.62. The average Bonchev–Trinajstić information content (AvgIpc) is 2.81. The molecular weight excluding hydrogens is 429 g/mol. The van der Waals surface area contributed by atoms with Crippen LogP contribution in [0.3, 0.4) is 0 Å². The molecule has 1 unspecified atom stereocenters. The summed E-state index contributed by atoms with van der Waals surface area (Å²) in [5.74, 6) is -3.60. The van der Waals surface area contributed by atoms with E-state index in [4.69, 9.17) is 4.99 Å². The third kappa shape index (κ3) is 4.69. The number of carbonyl (C=O) groups is 1. The Bertz CT molecular complexity index is 1120. The first-order chi connectivity index (χ1) is 15.7. The molecule has 2 aliphatic rings. The minimum Gasteiger partial charge on any atom is -0.363 e. The lowest BCUT2D eigenvalue weighted by atomic mass is 9.86. The molecule has 1 atom stereocenters. The molecule has 0 spiro atoms. The summed E-state index contributed by atoms with van der Waals surface area (Å²) in [6.45, 7) is 3.96. The zero-order valence-corrected chi connectivity index (χ0v) is 18.4. The third-order valence-electron chi connectivity index (χ3n) is 5.96. The topological polar surface area (TPSA) is 66.4 Å². The largest absolute Gasteiger partial charge is 0.363 e. The predicted octanol–water partition coefficient (Wildman–Crippen LogP) is 4.83. The minimum atomic E-state index is -2.74. The van der Waals surface area contributed by atoms with Gasteiger partial charge in [-0.3, -0.25) is 14.8 Å². The summed E-state index contributed by atoms with van der Waals surface area (Å²) in [4.78, 5) is 22.3. The number of nitrogens with one attached hydrogen (secondary N) is 2. The molecule has 0 saturated carbocycles. The zero-order chi connectivity index (χ0) is 23.6. The fraction of sp³-hybridized carbons (Fsp3) is 0.320. The van der Waals surface area contributed by atoms with Crippen LogP contribution in [0.5, 0.6) is 0 Å². The van der Waals surface area contributed by atoms with Gasteiger partial charge in [-0.15, -0.1) is 0 Å². The molecule has 1 aliphatic carbocycles. The van der Waals surface area contributed by atoms with E-state index >= 15 is 0 Å². The second kappa shape index (κ2) is 8.84. The normalized spacial score (nSPS) is 22.1. The van der Waals surface area contributed by atoms with E-state index < -0.39 is 23.9 Å². The van der Waals surface area contributed by atoms with Gasteiger partial charge in [0.15, 0.2) is 5.66 Å². The van der Waals surface area contributed by atoms with Gasteiger partial charge in [0.2, 0.25) is 0 Å². The fourth-order valence-electron chi connectivity index (χ4n) is 4.02. The smallest absolute Gasteiger partial charge is 0.259 e. The van der Waals surface area contributed by atoms with Gasteiger partial charge in [0, 0.05) is 48.6 Å². The Balaban J connectivity index is 1.72. The molecule has 0 radical (unpaired) electrons. The molecule has 4 rings (SSSR count). The van der Waals surface area contributed by atoms with E-state index in [1.807, 2.05) is 13.8 Å². The molecule has 1 aromatic carbocycles. The molecule has 8 heteroatoms. The number of pyridine rings is 1. The van der Waals surface area contributed by atoms with Crippen LogP contribution < -0.4 is 10.6 Å². The number of aliphatic imine (C=N–C) groups is 1. The van der Waals surface area contributed by atoms with Crippen molar-refractivity contribution in [3.8, 4) is 0 Å². The standard InChI is InChI=1S/C25H25F3N4O/c1-16(2)25(18-5-7-19(26)8-6-18)30-15-21(22(32-25)17-4-3-13-29-14-17)23(33)31-20-9-11-24(27,28)12-10-20/h3-9,13-16,30H,10-12H2,1-2H3,(H,31,33). The second-order valence-corrected chi connectivity index (χ2v) is 8.58. The van der Waals surface area contributed by atoms with Crippen molar-refractivity contribution in [2.75, 3.05) is 0 Å². The number of benzene rings is 1. The SMILES string of the molecule is CC(C)C1(c2ccc(F)cc2)N=C(c2cccnc2)C(C(=O)NC2=CCC(F)(F)CC2)=CN1. The lowest BCUT2D eigenvalue weighted by Gasteiger charge is -2.39. The fourth-order valence-corrected chi connectivity index (χ4v) is 4.02. The van der Waals surface area contributed by atoms with Gasteiger partial charge in [-0.25, -0.2) is 13.2 Å². The number of allylic oxidation sites excluding steroid dienone is 2. The first-order valence-electron chi connectivity index (χ1n) is 10.8. The maximum Gasteiger partial charge on any atom is 0.259 e. The average molecular weight is 454 g/mol. The van der Waals surface area contributed by atoms with Crippen molar-refractivity contribution < 1.29 is 18.0 Å². The van der Waals surface area contributed by atoms with Crippen molar-refractivity contribution in [2.45, 2.75) is 44.7 Å². The van der Waals surface area contributed by atoms with Crippen LogP contribution in [0.15, 0.2) is 77.3 Å². The van der Waals surface area contributed by atoms with Crippen LogP contribution >= 0.6 is 0 Å². The van der Waals surface area contributed by atoms with Crippen LogP contribution in [0.4, 0.5) is 13.2 Å². The highest BCUT2D eigenvalue weighted by Crippen LogP contribution is 2.36. The van der Waals surface area contributed by atoms with Crippen LogP contribution in [0.2, 0.25) is 0 Å². The first kappa shape index (κ1) is 22.8. The quantitative estimate of drug-likeness (QED) is 0.681. The van der Waals surface area contributed by atoms with Gasteiger partial charge in [0.1, 0.15) is 5.82 Å². The number of carbonyl (C=O) groups excluding carboxylic acids is 1. The van der Waals surface area contributed by atoms with Crippen molar-refractivity contribution >= 4 is 11.6 Å². The van der Waals surface area contributed by atoms with Crippen molar-refractivity contribution in [3.63, 3.8) is 0 Å². The molecule has 0 saturated heterocycles. The molecule has 33 heavy (non-hydrogen) atoms. The van der Waals surface area contributed by atoms with Gasteiger partial charge in [0.05, 0.1) is 11.3 Å². The summed E-state index contributed by atoms with van der Waals surface area (Å²) in [6.07, 6.45) is 5.58. The Hall–Kier alpha value is -3.42. The first-order valence-corrected chi connectivity index (χ1v) is 10.8. The lowest BCUT2D eigenvalue weighted by Crippen LogP contribution is -2.47. The van der Waals surface area contributed by atoms with Crippen molar-refractivity contribution in [2.24, 2.45) is 10.9 Å². The van der Waals surface area contributed by atoms with Gasteiger partial charge >= 0.3 is 0 Å². The summed E-state index contributed by atoms with van der Waals surface area (Å²) in [5, 5.41) is 6.02. The van der Waals surface area contributed by atoms with E-state index in [0.717, 1.165) is 5.56 Å². The van der Waals surface area contributed by atoms with Crippen LogP contribution in [-0.2, 0) is 10.5 Å². The van der Waals surface area contributed by atoms with Crippen molar-refractivity contribution in [3.05, 3.63) is 89.3 Å². The summed E-state index contributed by atoms with van der Waals surface area (Å²) in [5.41, 5.74) is 1.59. The highest BCUT2D eigenvalue weighted by Gasteiger charge is 2.39. The highest BCUT2D eigenvalue weighted by atomic mass is 19.3. The van der Waals surface area contributed by atoms with E-state index in [-0.39, 0.29) is 30.1 Å². The van der Waals surface area contributed by atoms with Gasteiger partial charge in [-0.1, -0.05) is 32.1 Å². The van der Waals surface area contributed by atoms with Crippen LogP contribution in [0, 0.1) is 11.7 Å². The molecule has 1 aliphatic heterocycles. The molecule has 2 heterocycles. The number of alkyl halides is 2. The number of hydrogen-bond donors (Lipinski definition) is 2. The summed E-state index contributed by atoms with van der Waals surface area (Å²) in [7, 11) is 0. The monoisotopic (exact) mass is 454 g/mol. The molecule has 0 fully saturated rings. The number of amides is 1. The van der Waals surface area contributed by atoms with E-state index in [2.05, 4.69) is 15.6 Å². The van der Waals surface area contributed by atoms with E-state index in [1.165, 1.54) is 18.2 Å². The predicted molar refractivity (Wildman–Crippen MR) is 120 cm³/mol. The Morgan fingerprint density at radius 2 is 1.94 bits per heavy atom. The third-order valence-corrected chi connectivity index (χ3v) is 5.96. The number of hydrogen-bond acceptors (Lipinski definition) is 4. The second-order valence-electron chi connectivity index (χ2n) is 8.58. The van der Waals surface area contributed by atoms with Crippen LogP contribution in [0.25, 0.3) is 0 Å². The Morgan fingerprint density at radius 1 is 1.18 bits per heavy atom. The maximum absolute atomic E-state index is 13.6. The molecular formula is C25H25F3N4O. The van der Waals surface area contributed by atoms with E-state index in [9.17, 15) is 18.0 Å². The molecule has 5 nitrogen and oxygen atoms in total. The molecule has 172 valence electrons. The Labute approximate surface area is 190 Å². The van der Waals surface area contributed by atoms with E-state index in [1.54, 1.807) is 42.9 Å². The molecule has 2 N–H and O–H groups in total. The minimum absolute atomic E-state index is 0.0567. The molecule has 0 bridgehead atoms. The number of nitrogens with zero attached hydrogens (tertiary/aromatic N) is 2.